The monoisotopic (exact) mass is 279 g/mol. The lowest BCUT2D eigenvalue weighted by atomic mass is 10.2. The Kier molecular flexibility index (Phi) is 3.05. The van der Waals surface area contributed by atoms with Gasteiger partial charge in [-0.05, 0) is 17.7 Å². The third-order valence-electron chi connectivity index (χ3n) is 2.13. The van der Waals surface area contributed by atoms with E-state index in [1.165, 1.54) is 6.33 Å². The molecule has 0 aliphatic carbocycles. The molecule has 5 heteroatoms. The molecule has 4 nitrogen and oxygen atoms in total. The smallest absolute Gasteiger partial charge is 0.295 e. The molecule has 0 bridgehead atoms. The zero-order valence-electron chi connectivity index (χ0n) is 8.43. The Morgan fingerprint density at radius 1 is 1.44 bits per heavy atom. The highest BCUT2D eigenvalue weighted by Gasteiger charge is 1.98. The van der Waals surface area contributed by atoms with Crippen LogP contribution in [0.25, 0.3) is 0 Å². The molecule has 0 aliphatic rings. The third kappa shape index (κ3) is 2.49. The number of aromatic nitrogens is 2. The largest absolute Gasteiger partial charge is 0.393 e. The molecular formula is C11H10BrN3O. The number of halogens is 1. The average molecular weight is 280 g/mol. The van der Waals surface area contributed by atoms with Crippen LogP contribution >= 0.6 is 15.9 Å². The number of nitrogens with two attached hydrogens (primary N) is 1. The Labute approximate surface area is 101 Å². The van der Waals surface area contributed by atoms with E-state index in [0.717, 1.165) is 10.0 Å². The maximum atomic E-state index is 11.0. The topological polar surface area (TPSA) is 60.9 Å². The Morgan fingerprint density at radius 2 is 2.25 bits per heavy atom. The van der Waals surface area contributed by atoms with E-state index in [1.54, 1.807) is 10.8 Å². The number of rotatable bonds is 2. The molecule has 2 N–H and O–H groups in total. The fraction of sp³-hybridized carbons (Fsp3) is 0.0909. The summed E-state index contributed by atoms with van der Waals surface area (Å²) in [7, 11) is 0. The summed E-state index contributed by atoms with van der Waals surface area (Å²) < 4.78 is 2.80. The number of nitrogens with zero attached hydrogens (tertiary/aromatic N) is 2. The van der Waals surface area contributed by atoms with Gasteiger partial charge in [-0.15, -0.1) is 0 Å². The normalized spacial score (nSPS) is 10.3. The Morgan fingerprint density at radius 3 is 2.94 bits per heavy atom. The third-order valence-corrected chi connectivity index (χ3v) is 2.62. The molecular weight excluding hydrogens is 270 g/mol. The number of nitrogen functional groups attached to an aromatic ring is 1. The van der Waals surface area contributed by atoms with E-state index >= 15 is 0 Å². The minimum absolute atomic E-state index is 0.164. The van der Waals surface area contributed by atoms with Crippen molar-refractivity contribution < 1.29 is 0 Å². The molecule has 0 aliphatic heterocycles. The Bertz CT molecular complexity index is 565. The molecule has 0 radical (unpaired) electrons. The van der Waals surface area contributed by atoms with Gasteiger partial charge in [0, 0.05) is 17.2 Å². The Balaban J connectivity index is 2.27. The SMILES string of the molecule is Nc1cn(Cc2cccc(Br)c2)cnc1=O. The Hall–Kier alpha value is -1.62. The van der Waals surface area contributed by atoms with E-state index in [0.29, 0.717) is 6.54 Å². The first kappa shape index (κ1) is 10.9. The van der Waals surface area contributed by atoms with Gasteiger partial charge in [0.05, 0.1) is 6.33 Å². The molecule has 0 saturated heterocycles. The van der Waals surface area contributed by atoms with Gasteiger partial charge in [0.25, 0.3) is 5.56 Å². The molecule has 82 valence electrons. The van der Waals surface area contributed by atoms with E-state index in [9.17, 15) is 4.79 Å². The standard InChI is InChI=1S/C11H10BrN3O/c12-9-3-1-2-8(4-9)5-15-6-10(13)11(16)14-7-15/h1-4,6-7H,5,13H2. The molecule has 2 rings (SSSR count). The van der Waals surface area contributed by atoms with Crippen LogP contribution < -0.4 is 11.3 Å². The van der Waals surface area contributed by atoms with Crippen molar-refractivity contribution >= 4 is 21.6 Å². The van der Waals surface area contributed by atoms with Crippen molar-refractivity contribution in [2.24, 2.45) is 0 Å². The van der Waals surface area contributed by atoms with Gasteiger partial charge in [-0.2, -0.15) is 4.98 Å². The van der Waals surface area contributed by atoms with Crippen LogP contribution in [0.1, 0.15) is 5.56 Å². The van der Waals surface area contributed by atoms with E-state index in [1.807, 2.05) is 24.3 Å². The summed E-state index contributed by atoms with van der Waals surface area (Å²) in [5.41, 5.74) is 6.39. The van der Waals surface area contributed by atoms with Crippen molar-refractivity contribution in [3.05, 3.63) is 57.2 Å². The summed E-state index contributed by atoms with van der Waals surface area (Å²) in [6.45, 7) is 0.636. The van der Waals surface area contributed by atoms with E-state index in [-0.39, 0.29) is 11.2 Å². The molecule has 0 atom stereocenters. The van der Waals surface area contributed by atoms with Crippen LogP contribution in [0.2, 0.25) is 0 Å². The maximum absolute atomic E-state index is 11.0. The first-order chi connectivity index (χ1) is 7.65. The van der Waals surface area contributed by atoms with E-state index in [2.05, 4.69) is 20.9 Å². The quantitative estimate of drug-likeness (QED) is 0.909. The zero-order valence-corrected chi connectivity index (χ0v) is 10.0. The van der Waals surface area contributed by atoms with Gasteiger partial charge in [-0.1, -0.05) is 28.1 Å². The van der Waals surface area contributed by atoms with Crippen LogP contribution in [0.15, 0.2) is 46.1 Å². The predicted molar refractivity (Wildman–Crippen MR) is 66.2 cm³/mol. The van der Waals surface area contributed by atoms with Gasteiger partial charge in [-0.3, -0.25) is 4.79 Å². The van der Waals surface area contributed by atoms with Crippen molar-refractivity contribution in [1.29, 1.82) is 0 Å². The summed E-state index contributed by atoms with van der Waals surface area (Å²) in [6, 6.07) is 7.92. The van der Waals surface area contributed by atoms with Gasteiger partial charge in [-0.25, -0.2) is 0 Å². The average Bonchev–Trinajstić information content (AvgIpc) is 2.24. The van der Waals surface area contributed by atoms with Gasteiger partial charge in [0.15, 0.2) is 0 Å². The lowest BCUT2D eigenvalue weighted by molar-refractivity contribution is 0.763. The second kappa shape index (κ2) is 4.49. The van der Waals surface area contributed by atoms with Crippen LogP contribution in [-0.2, 0) is 6.54 Å². The first-order valence-corrected chi connectivity index (χ1v) is 5.50. The number of hydrogen-bond donors (Lipinski definition) is 1. The van der Waals surface area contributed by atoms with E-state index in [4.69, 9.17) is 5.73 Å². The number of anilines is 1. The second-order valence-electron chi connectivity index (χ2n) is 3.44. The van der Waals surface area contributed by atoms with Gasteiger partial charge >= 0.3 is 0 Å². The van der Waals surface area contributed by atoms with Crippen LogP contribution in [0.5, 0.6) is 0 Å². The van der Waals surface area contributed by atoms with Crippen LogP contribution in [0.3, 0.4) is 0 Å². The zero-order chi connectivity index (χ0) is 11.5. The molecule has 1 aromatic heterocycles. The molecule has 2 aromatic rings. The van der Waals surface area contributed by atoms with Gasteiger partial charge < -0.3 is 10.3 Å². The summed E-state index contributed by atoms with van der Waals surface area (Å²) >= 11 is 3.40. The minimum Gasteiger partial charge on any atom is -0.393 e. The second-order valence-corrected chi connectivity index (χ2v) is 4.35. The lowest BCUT2D eigenvalue weighted by Gasteiger charge is -2.06. The predicted octanol–water partition coefficient (Wildman–Crippen LogP) is 1.64. The highest BCUT2D eigenvalue weighted by atomic mass is 79.9. The number of hydrogen-bond acceptors (Lipinski definition) is 3. The van der Waals surface area contributed by atoms with Crippen LogP contribution in [-0.4, -0.2) is 9.55 Å². The summed E-state index contributed by atoms with van der Waals surface area (Å²) in [4.78, 5) is 14.7. The first-order valence-electron chi connectivity index (χ1n) is 4.71. The summed E-state index contributed by atoms with van der Waals surface area (Å²) in [5.74, 6) is 0. The highest BCUT2D eigenvalue weighted by Crippen LogP contribution is 2.12. The van der Waals surface area contributed by atoms with Crippen molar-refractivity contribution in [1.82, 2.24) is 9.55 Å². The molecule has 1 aromatic carbocycles. The highest BCUT2D eigenvalue weighted by molar-refractivity contribution is 9.10. The molecule has 0 fully saturated rings. The van der Waals surface area contributed by atoms with Gasteiger partial charge in [0.1, 0.15) is 5.69 Å². The number of benzene rings is 1. The lowest BCUT2D eigenvalue weighted by Crippen LogP contribution is -2.15. The van der Waals surface area contributed by atoms with Crippen molar-refractivity contribution in [2.45, 2.75) is 6.54 Å². The van der Waals surface area contributed by atoms with Crippen LogP contribution in [0, 0.1) is 0 Å². The molecule has 16 heavy (non-hydrogen) atoms. The van der Waals surface area contributed by atoms with Crippen molar-refractivity contribution in [3.8, 4) is 0 Å². The molecule has 0 unspecified atom stereocenters. The molecule has 0 saturated carbocycles. The summed E-state index contributed by atoms with van der Waals surface area (Å²) in [6.07, 6.45) is 3.08. The molecule has 0 spiro atoms. The summed E-state index contributed by atoms with van der Waals surface area (Å²) in [5, 5.41) is 0. The minimum atomic E-state index is -0.384. The molecule has 1 heterocycles. The van der Waals surface area contributed by atoms with E-state index < -0.39 is 0 Å². The van der Waals surface area contributed by atoms with Crippen LogP contribution in [0.4, 0.5) is 5.69 Å². The maximum Gasteiger partial charge on any atom is 0.295 e. The van der Waals surface area contributed by atoms with Crippen molar-refractivity contribution in [2.75, 3.05) is 5.73 Å². The van der Waals surface area contributed by atoms with Crippen molar-refractivity contribution in [3.63, 3.8) is 0 Å². The fourth-order valence-electron chi connectivity index (χ4n) is 1.40. The fourth-order valence-corrected chi connectivity index (χ4v) is 1.85. The van der Waals surface area contributed by atoms with Gasteiger partial charge in [0.2, 0.25) is 0 Å². The molecule has 0 amide bonds.